The molecule has 1 atom stereocenters. The first kappa shape index (κ1) is 9.79. The number of nitrogens with zero attached hydrogens (tertiary/aromatic N) is 3. The molecule has 0 aliphatic heterocycles. The molecule has 3 rings (SSSR count). The molecule has 4 nitrogen and oxygen atoms in total. The molecule has 2 aromatic rings. The second-order valence-electron chi connectivity index (χ2n) is 4.09. The normalized spacial score (nSPS) is 16.8. The Kier molecular flexibility index (Phi) is 2.05. The summed E-state index contributed by atoms with van der Waals surface area (Å²) in [4.78, 5) is 8.43. The molecule has 0 amide bonds. The molecule has 4 heteroatoms. The second-order valence-corrected chi connectivity index (χ2v) is 4.09. The van der Waals surface area contributed by atoms with Gasteiger partial charge >= 0.3 is 0 Å². The zero-order chi connectivity index (χ0) is 11.8. The van der Waals surface area contributed by atoms with Crippen LogP contribution in [0.3, 0.4) is 0 Å². The van der Waals surface area contributed by atoms with Crippen molar-refractivity contribution in [2.24, 2.45) is 0 Å². The molecule has 0 saturated carbocycles. The van der Waals surface area contributed by atoms with E-state index in [-0.39, 0.29) is 11.7 Å². The SMILES string of the molecule is N#Cc1cnc(C2Cc3ccccc32)nc1N. The average Bonchev–Trinajstić information content (AvgIpc) is 2.31. The summed E-state index contributed by atoms with van der Waals surface area (Å²) < 4.78 is 0. The van der Waals surface area contributed by atoms with Crippen molar-refractivity contribution in [1.82, 2.24) is 9.97 Å². The number of hydrogen-bond donors (Lipinski definition) is 1. The minimum absolute atomic E-state index is 0.223. The van der Waals surface area contributed by atoms with Gasteiger partial charge in [0.25, 0.3) is 0 Å². The topological polar surface area (TPSA) is 75.6 Å². The average molecular weight is 222 g/mol. The van der Waals surface area contributed by atoms with Gasteiger partial charge in [-0.3, -0.25) is 0 Å². The third-order valence-corrected chi connectivity index (χ3v) is 3.12. The third-order valence-electron chi connectivity index (χ3n) is 3.12. The maximum absolute atomic E-state index is 8.77. The summed E-state index contributed by atoms with van der Waals surface area (Å²) in [5.74, 6) is 1.20. The summed E-state index contributed by atoms with van der Waals surface area (Å²) in [5, 5.41) is 8.77. The maximum atomic E-state index is 8.77. The van der Waals surface area contributed by atoms with Gasteiger partial charge in [0.05, 0.1) is 6.20 Å². The summed E-state index contributed by atoms with van der Waals surface area (Å²) in [6.45, 7) is 0. The summed E-state index contributed by atoms with van der Waals surface area (Å²) in [6, 6.07) is 10.2. The van der Waals surface area contributed by atoms with Gasteiger partial charge in [-0.25, -0.2) is 9.97 Å². The molecule has 2 N–H and O–H groups in total. The lowest BCUT2D eigenvalue weighted by molar-refractivity contribution is 0.660. The van der Waals surface area contributed by atoms with E-state index in [2.05, 4.69) is 22.1 Å². The zero-order valence-electron chi connectivity index (χ0n) is 9.09. The van der Waals surface area contributed by atoms with Gasteiger partial charge in [0.2, 0.25) is 0 Å². The molecule has 0 fully saturated rings. The molecule has 0 radical (unpaired) electrons. The molecule has 1 aromatic heterocycles. The van der Waals surface area contributed by atoms with Crippen molar-refractivity contribution >= 4 is 5.82 Å². The number of nitrogen functional groups attached to an aromatic ring is 1. The lowest BCUT2D eigenvalue weighted by Gasteiger charge is -2.28. The number of nitrogens with two attached hydrogens (primary N) is 1. The lowest BCUT2D eigenvalue weighted by atomic mass is 9.77. The first-order chi connectivity index (χ1) is 8.29. The minimum atomic E-state index is 0.223. The molecular weight excluding hydrogens is 212 g/mol. The van der Waals surface area contributed by atoms with Crippen molar-refractivity contribution in [3.8, 4) is 6.07 Å². The number of benzene rings is 1. The van der Waals surface area contributed by atoms with E-state index in [4.69, 9.17) is 11.0 Å². The van der Waals surface area contributed by atoms with Gasteiger partial charge in [-0.15, -0.1) is 0 Å². The molecule has 0 saturated heterocycles. The van der Waals surface area contributed by atoms with Crippen molar-refractivity contribution in [2.75, 3.05) is 5.73 Å². The van der Waals surface area contributed by atoms with E-state index in [1.807, 2.05) is 18.2 Å². The highest BCUT2D eigenvalue weighted by Crippen LogP contribution is 2.38. The summed E-state index contributed by atoms with van der Waals surface area (Å²) in [7, 11) is 0. The van der Waals surface area contributed by atoms with Crippen LogP contribution in [0.25, 0.3) is 0 Å². The van der Waals surface area contributed by atoms with Crippen molar-refractivity contribution in [3.63, 3.8) is 0 Å². The van der Waals surface area contributed by atoms with Crippen molar-refractivity contribution in [3.05, 3.63) is 53.0 Å². The molecule has 1 aliphatic carbocycles. The number of hydrogen-bond acceptors (Lipinski definition) is 4. The van der Waals surface area contributed by atoms with Crippen molar-refractivity contribution < 1.29 is 0 Å². The number of rotatable bonds is 1. The molecule has 0 bridgehead atoms. The van der Waals surface area contributed by atoms with E-state index in [0.29, 0.717) is 11.4 Å². The number of aromatic nitrogens is 2. The van der Waals surface area contributed by atoms with E-state index in [0.717, 1.165) is 6.42 Å². The predicted octanol–water partition coefficient (Wildman–Crippen LogP) is 1.62. The predicted molar refractivity (Wildman–Crippen MR) is 63.1 cm³/mol. The van der Waals surface area contributed by atoms with Gasteiger partial charge in [-0.2, -0.15) is 5.26 Å². The van der Waals surface area contributed by atoms with Crippen molar-refractivity contribution in [1.29, 1.82) is 5.26 Å². The first-order valence-electron chi connectivity index (χ1n) is 5.40. The van der Waals surface area contributed by atoms with Crippen LogP contribution in [-0.2, 0) is 6.42 Å². The highest BCUT2D eigenvalue weighted by Gasteiger charge is 2.29. The van der Waals surface area contributed by atoms with E-state index in [9.17, 15) is 0 Å². The summed E-state index contributed by atoms with van der Waals surface area (Å²) in [5.41, 5.74) is 8.63. The Balaban J connectivity index is 1.99. The van der Waals surface area contributed by atoms with Crippen LogP contribution in [0.1, 0.15) is 28.4 Å². The molecule has 1 aromatic carbocycles. The van der Waals surface area contributed by atoms with E-state index >= 15 is 0 Å². The van der Waals surface area contributed by atoms with Gasteiger partial charge < -0.3 is 5.73 Å². The number of fused-ring (bicyclic) bond motifs is 1. The van der Waals surface area contributed by atoms with E-state index in [1.54, 1.807) is 0 Å². The third kappa shape index (κ3) is 1.44. The molecule has 1 heterocycles. The highest BCUT2D eigenvalue weighted by atomic mass is 15.0. The quantitative estimate of drug-likeness (QED) is 0.795. The fourth-order valence-corrected chi connectivity index (χ4v) is 2.15. The number of anilines is 1. The Labute approximate surface area is 98.7 Å². The maximum Gasteiger partial charge on any atom is 0.145 e. The fraction of sp³-hybridized carbons (Fsp3) is 0.154. The monoisotopic (exact) mass is 222 g/mol. The lowest BCUT2D eigenvalue weighted by Crippen LogP contribution is -2.20. The van der Waals surface area contributed by atoms with Gasteiger partial charge in [-0.1, -0.05) is 24.3 Å². The molecule has 1 aliphatic rings. The van der Waals surface area contributed by atoms with Gasteiger partial charge in [0, 0.05) is 5.92 Å². The summed E-state index contributed by atoms with van der Waals surface area (Å²) >= 11 is 0. The Hall–Kier alpha value is -2.41. The fourth-order valence-electron chi connectivity index (χ4n) is 2.15. The van der Waals surface area contributed by atoms with Crippen LogP contribution in [0.2, 0.25) is 0 Å². The Bertz CT molecular complexity index is 628. The van der Waals surface area contributed by atoms with Crippen LogP contribution < -0.4 is 5.73 Å². The molecule has 1 unspecified atom stereocenters. The Morgan fingerprint density at radius 1 is 1.35 bits per heavy atom. The molecule has 82 valence electrons. The van der Waals surface area contributed by atoms with E-state index in [1.165, 1.54) is 17.3 Å². The smallest absolute Gasteiger partial charge is 0.145 e. The van der Waals surface area contributed by atoms with Crippen LogP contribution in [0.5, 0.6) is 0 Å². The standard InChI is InChI=1S/C13H10N4/c14-6-9-7-16-13(17-12(9)15)11-5-8-3-1-2-4-10(8)11/h1-4,7,11H,5H2,(H2,15,16,17). The molecule has 17 heavy (non-hydrogen) atoms. The highest BCUT2D eigenvalue weighted by molar-refractivity contribution is 5.49. The molecular formula is C13H10N4. The van der Waals surface area contributed by atoms with Crippen LogP contribution in [-0.4, -0.2) is 9.97 Å². The summed E-state index contributed by atoms with van der Waals surface area (Å²) in [6.07, 6.45) is 2.44. The van der Waals surface area contributed by atoms with E-state index < -0.39 is 0 Å². The van der Waals surface area contributed by atoms with Gasteiger partial charge in [-0.05, 0) is 17.5 Å². The van der Waals surface area contributed by atoms with Crippen LogP contribution in [0.15, 0.2) is 30.5 Å². The Morgan fingerprint density at radius 3 is 2.88 bits per heavy atom. The Morgan fingerprint density at radius 2 is 2.18 bits per heavy atom. The molecule has 0 spiro atoms. The largest absolute Gasteiger partial charge is 0.382 e. The number of nitriles is 1. The van der Waals surface area contributed by atoms with Gasteiger partial charge in [0.15, 0.2) is 0 Å². The van der Waals surface area contributed by atoms with Crippen LogP contribution in [0.4, 0.5) is 5.82 Å². The minimum Gasteiger partial charge on any atom is -0.382 e. The zero-order valence-corrected chi connectivity index (χ0v) is 9.09. The van der Waals surface area contributed by atoms with Crippen LogP contribution in [0, 0.1) is 11.3 Å². The van der Waals surface area contributed by atoms with Gasteiger partial charge in [0.1, 0.15) is 23.3 Å². The second kappa shape index (κ2) is 3.56. The first-order valence-corrected chi connectivity index (χ1v) is 5.40. The van der Waals surface area contributed by atoms with Crippen molar-refractivity contribution in [2.45, 2.75) is 12.3 Å². The van der Waals surface area contributed by atoms with Crippen LogP contribution >= 0.6 is 0 Å².